The van der Waals surface area contributed by atoms with E-state index in [4.69, 9.17) is 0 Å². The summed E-state index contributed by atoms with van der Waals surface area (Å²) in [7, 11) is 0. The molecule has 0 spiro atoms. The predicted molar refractivity (Wildman–Crippen MR) is 56.4 cm³/mol. The molecule has 0 atom stereocenters. The van der Waals surface area contributed by atoms with Crippen molar-refractivity contribution < 1.29 is 64.3 Å². The Morgan fingerprint density at radius 1 is 0.867 bits per heavy atom. The van der Waals surface area contributed by atoms with Crippen molar-refractivity contribution in [1.82, 2.24) is 0 Å². The molecule has 0 fully saturated rings. The van der Waals surface area contributed by atoms with Crippen LogP contribution in [-0.2, 0) is 0 Å². The fourth-order valence-corrected chi connectivity index (χ4v) is 1.37. The first-order valence-electron chi connectivity index (χ1n) is 5.38. The zero-order valence-electron chi connectivity index (χ0n) is 9.65. The normalized spacial score (nSPS) is 10.9. The third kappa shape index (κ3) is 17.8. The summed E-state index contributed by atoms with van der Waals surface area (Å²) in [6.07, 6.45) is 7.59. The molecule has 0 saturated carbocycles. The summed E-state index contributed by atoms with van der Waals surface area (Å²) in [5.74, 6) is 0. The van der Waals surface area contributed by atoms with Crippen molar-refractivity contribution in [3.05, 3.63) is 12.7 Å². The number of hydrogen-bond donors (Lipinski definition) is 0. The van der Waals surface area contributed by atoms with Gasteiger partial charge in [-0.2, -0.15) is 0 Å². The average molecular weight is 246 g/mol. The molecular weight excluding hydrogens is 227 g/mol. The maximum atomic E-state index is 11.8. The summed E-state index contributed by atoms with van der Waals surface area (Å²) in [6.45, 7) is -0.934. The molecule has 0 heterocycles. The summed E-state index contributed by atoms with van der Waals surface area (Å²) >= 11 is 0. The molecule has 0 aliphatic carbocycles. The fourth-order valence-electron chi connectivity index (χ4n) is 1.37. The second-order valence-corrected chi connectivity index (χ2v) is 3.70. The third-order valence-electron chi connectivity index (χ3n) is 2.19. The Balaban J connectivity index is 0. The molecule has 0 rings (SSSR count). The molecule has 0 radical (unpaired) electrons. The second kappa shape index (κ2) is 11.7. The van der Waals surface area contributed by atoms with E-state index >= 15 is 0 Å². The Morgan fingerprint density at radius 3 is 1.80 bits per heavy atom. The zero-order chi connectivity index (χ0) is 10.9. The monoisotopic (exact) mass is 246 g/mol. The number of hydrogen-bond acceptors (Lipinski definition) is 0. The van der Waals surface area contributed by atoms with Gasteiger partial charge >= 0.3 is 58.4 Å². The minimum absolute atomic E-state index is 0. The molecule has 0 saturated heterocycles. The van der Waals surface area contributed by atoms with Crippen LogP contribution in [0.4, 0.5) is 12.9 Å². The third-order valence-corrected chi connectivity index (χ3v) is 2.19. The van der Waals surface area contributed by atoms with Gasteiger partial charge in [-0.15, -0.1) is 6.58 Å². The first-order valence-corrected chi connectivity index (χ1v) is 5.38. The maximum absolute atomic E-state index is 11.8. The van der Waals surface area contributed by atoms with E-state index in [0.29, 0.717) is 6.42 Å². The Labute approximate surface area is 134 Å². The van der Waals surface area contributed by atoms with Crippen LogP contribution in [0.3, 0.4) is 0 Å². The quantitative estimate of drug-likeness (QED) is 0.330. The molecule has 0 aromatic rings. The van der Waals surface area contributed by atoms with Crippen LogP contribution in [0.15, 0.2) is 12.7 Å². The van der Waals surface area contributed by atoms with Gasteiger partial charge in [-0.1, -0.05) is 44.5 Å². The Morgan fingerprint density at radius 2 is 1.33 bits per heavy atom. The Bertz CT molecular complexity index is 148. The van der Waals surface area contributed by atoms with Gasteiger partial charge in [0.05, 0.1) is 0 Å². The molecule has 0 amide bonds. The molecule has 0 bridgehead atoms. The van der Waals surface area contributed by atoms with Crippen molar-refractivity contribution in [3.8, 4) is 0 Å². The van der Waals surface area contributed by atoms with E-state index in [0.717, 1.165) is 38.5 Å². The van der Waals surface area contributed by atoms with Crippen molar-refractivity contribution in [3.63, 3.8) is 0 Å². The molecule has 15 heavy (non-hydrogen) atoms. The summed E-state index contributed by atoms with van der Waals surface area (Å²) in [6, 6.07) is 0. The molecule has 5 heteroatoms. The fraction of sp³-hybridized carbons (Fsp3) is 0.800. The van der Waals surface area contributed by atoms with Crippen LogP contribution in [-0.4, -0.2) is 6.98 Å². The summed E-state index contributed by atoms with van der Waals surface area (Å²) in [4.78, 5) is 0. The molecule has 0 aromatic heterocycles. The van der Waals surface area contributed by atoms with Crippen molar-refractivity contribution in [1.29, 1.82) is 0 Å². The van der Waals surface area contributed by atoms with Gasteiger partial charge in [0.15, 0.2) is 0 Å². The first-order chi connectivity index (χ1) is 6.56. The number of rotatable bonds is 9. The van der Waals surface area contributed by atoms with Gasteiger partial charge in [0.1, 0.15) is 0 Å². The number of unbranched alkanes of at least 4 members (excludes halogenated alkanes) is 6. The van der Waals surface area contributed by atoms with Crippen LogP contribution >= 0.6 is 0 Å². The van der Waals surface area contributed by atoms with Crippen LogP contribution < -0.4 is 51.4 Å². The van der Waals surface area contributed by atoms with Crippen molar-refractivity contribution in [2.24, 2.45) is 0 Å². The largest absolute Gasteiger partial charge is 1.00 e. The molecular formula is C10H19BF3K. The van der Waals surface area contributed by atoms with Crippen LogP contribution in [0.25, 0.3) is 0 Å². The van der Waals surface area contributed by atoms with Crippen molar-refractivity contribution in [2.45, 2.75) is 51.3 Å². The summed E-state index contributed by atoms with van der Waals surface area (Å²) in [5, 5.41) is 0. The Kier molecular flexibility index (Phi) is 14.5. The smallest absolute Gasteiger partial charge is 0.449 e. The molecule has 0 unspecified atom stereocenters. The summed E-state index contributed by atoms with van der Waals surface area (Å²) < 4.78 is 35.3. The van der Waals surface area contributed by atoms with E-state index in [9.17, 15) is 12.9 Å². The Hall–Kier alpha value is 1.23. The van der Waals surface area contributed by atoms with Crippen LogP contribution in [0, 0.1) is 0 Å². The van der Waals surface area contributed by atoms with Gasteiger partial charge in [0, 0.05) is 0 Å². The topological polar surface area (TPSA) is 0 Å². The van der Waals surface area contributed by atoms with Gasteiger partial charge in [-0.25, -0.2) is 0 Å². The van der Waals surface area contributed by atoms with Gasteiger partial charge in [0.2, 0.25) is 0 Å². The molecule has 0 aliphatic heterocycles. The average Bonchev–Trinajstić information content (AvgIpc) is 2.08. The molecule has 0 N–H and O–H groups in total. The van der Waals surface area contributed by atoms with Crippen LogP contribution in [0.2, 0.25) is 6.32 Å². The summed E-state index contributed by atoms with van der Waals surface area (Å²) in [5.41, 5.74) is 0. The minimum Gasteiger partial charge on any atom is -0.449 e. The van der Waals surface area contributed by atoms with Gasteiger partial charge in [-0.05, 0) is 12.8 Å². The minimum atomic E-state index is -4.55. The standard InChI is InChI=1S/C10H19BF3.K/c1-2-3-4-5-6-7-8-9-10-11(12,13)14;/h2H,1,3-10H2;/q-1;+1. The van der Waals surface area contributed by atoms with Crippen LogP contribution in [0.5, 0.6) is 0 Å². The van der Waals surface area contributed by atoms with Crippen LogP contribution in [0.1, 0.15) is 44.9 Å². The van der Waals surface area contributed by atoms with E-state index in [1.54, 1.807) is 0 Å². The van der Waals surface area contributed by atoms with Crippen molar-refractivity contribution >= 4 is 6.98 Å². The SMILES string of the molecule is C=CCCCCCCCC[B-](F)(F)F.[K+]. The van der Waals surface area contributed by atoms with E-state index in [1.165, 1.54) is 0 Å². The zero-order valence-corrected chi connectivity index (χ0v) is 12.8. The maximum Gasteiger partial charge on any atom is 1.00 e. The predicted octanol–water partition coefficient (Wildman–Crippen LogP) is 1.75. The first kappa shape index (κ1) is 18.6. The van der Waals surface area contributed by atoms with Gasteiger partial charge in [-0.3, -0.25) is 0 Å². The van der Waals surface area contributed by atoms with E-state index < -0.39 is 13.3 Å². The van der Waals surface area contributed by atoms with Gasteiger partial charge < -0.3 is 12.9 Å². The molecule has 0 aliphatic rings. The molecule has 0 nitrogen and oxygen atoms in total. The number of halogens is 3. The van der Waals surface area contributed by atoms with E-state index in [-0.39, 0.29) is 51.4 Å². The number of allylic oxidation sites excluding steroid dienone is 1. The second-order valence-electron chi connectivity index (χ2n) is 3.70. The molecule has 84 valence electrons. The van der Waals surface area contributed by atoms with E-state index in [2.05, 4.69) is 6.58 Å². The van der Waals surface area contributed by atoms with Gasteiger partial charge in [0.25, 0.3) is 0 Å². The van der Waals surface area contributed by atoms with Crippen molar-refractivity contribution in [2.75, 3.05) is 0 Å². The van der Waals surface area contributed by atoms with E-state index in [1.807, 2.05) is 6.08 Å². The molecule has 0 aromatic carbocycles.